The van der Waals surface area contributed by atoms with E-state index < -0.39 is 75.2 Å². The molecule has 3 heterocycles. The number of aliphatic hydroxyl groups is 1. The van der Waals surface area contributed by atoms with Crippen molar-refractivity contribution in [2.75, 3.05) is 19.8 Å². The first-order chi connectivity index (χ1) is 38.0. The molecule has 1 N–H and O–H groups in total. The first-order valence-electron chi connectivity index (χ1n) is 26.7. The van der Waals surface area contributed by atoms with Crippen molar-refractivity contribution < 1.29 is 71.8 Å². The van der Waals surface area contributed by atoms with Crippen LogP contribution in [-0.4, -0.2) is 103 Å². The number of halogens is 1. The quantitative estimate of drug-likeness (QED) is 0.0457. The second-order valence-electron chi connectivity index (χ2n) is 21.8. The molecule has 12 rings (SSSR count). The van der Waals surface area contributed by atoms with Crippen LogP contribution in [0.3, 0.4) is 0 Å². The predicted octanol–water partition coefficient (Wildman–Crippen LogP) is 7.11. The zero-order valence-corrected chi connectivity index (χ0v) is 46.2. The van der Waals surface area contributed by atoms with E-state index in [1.807, 2.05) is 6.08 Å². The number of fused-ring (bicyclic) bond motifs is 9. The Morgan fingerprint density at radius 2 is 1.21 bits per heavy atom. The van der Waals surface area contributed by atoms with E-state index in [-0.39, 0.29) is 65.9 Å². The molecule has 9 aliphatic carbocycles. The minimum atomic E-state index is -0.985. The lowest BCUT2D eigenvalue weighted by atomic mass is 9.74. The number of ether oxygens (including phenoxy) is 7. The van der Waals surface area contributed by atoms with Gasteiger partial charge in [-0.25, -0.2) is 9.64 Å². The van der Waals surface area contributed by atoms with Crippen molar-refractivity contribution >= 4 is 52.7 Å². The van der Waals surface area contributed by atoms with Crippen molar-refractivity contribution in [2.45, 2.75) is 129 Å². The van der Waals surface area contributed by atoms with Gasteiger partial charge in [-0.15, -0.1) is 0 Å². The monoisotopic (exact) mass is 1120 g/mol. The molecule has 0 aromatic carbocycles. The number of allylic oxidation sites excluding steroid dienone is 7. The molecule has 0 spiro atoms. The predicted molar refractivity (Wildman–Crippen MR) is 280 cm³/mol. The Balaban J connectivity index is 0.000000156. The summed E-state index contributed by atoms with van der Waals surface area (Å²) in [5.41, 5.74) is -3.13. The van der Waals surface area contributed by atoms with Gasteiger partial charge in [0.05, 0.1) is 69.0 Å². The van der Waals surface area contributed by atoms with Crippen LogP contribution in [0.5, 0.6) is 0 Å². The Morgan fingerprint density at radius 3 is 1.64 bits per heavy atom. The van der Waals surface area contributed by atoms with E-state index in [4.69, 9.17) is 57.1 Å². The molecule has 20 nitrogen and oxygen atoms in total. The third-order valence-electron chi connectivity index (χ3n) is 17.1. The van der Waals surface area contributed by atoms with Crippen LogP contribution < -0.4 is 0 Å². The minimum absolute atomic E-state index is 0.0504. The molecule has 21 heteroatoms. The smallest absolute Gasteiger partial charge is 0.335 e. The summed E-state index contributed by atoms with van der Waals surface area (Å²) >= 11 is 4.87. The summed E-state index contributed by atoms with van der Waals surface area (Å²) in [6.45, 7) is 25.6. The molecule has 8 bridgehead atoms. The fourth-order valence-corrected chi connectivity index (χ4v) is 13.2. The first-order valence-corrected chi connectivity index (χ1v) is 27.1. The maximum absolute atomic E-state index is 11.9. The first kappa shape index (κ1) is 61.8. The van der Waals surface area contributed by atoms with Crippen LogP contribution in [-0.2, 0) is 66.7 Å². The van der Waals surface area contributed by atoms with E-state index in [9.17, 15) is 49.2 Å². The van der Waals surface area contributed by atoms with Crippen LogP contribution in [0.15, 0.2) is 73.0 Å². The van der Waals surface area contributed by atoms with Gasteiger partial charge in [0.25, 0.3) is 5.70 Å². The van der Waals surface area contributed by atoms with Crippen molar-refractivity contribution in [3.05, 3.63) is 84.5 Å². The van der Waals surface area contributed by atoms with Gasteiger partial charge in [0.2, 0.25) is 5.24 Å². The number of nitrogens with zero attached hydrogens (tertiary/aromatic N) is 5. The number of rotatable bonds is 9. The molecule has 0 amide bonds. The van der Waals surface area contributed by atoms with Crippen LogP contribution in [0.2, 0.25) is 0 Å². The molecule has 18 atom stereocenters. The van der Waals surface area contributed by atoms with Crippen LogP contribution in [0.25, 0.3) is 4.85 Å². The lowest BCUT2D eigenvalue weighted by Gasteiger charge is -2.27. The Morgan fingerprint density at radius 1 is 0.688 bits per heavy atom. The molecule has 18 unspecified atom stereocenters. The van der Waals surface area contributed by atoms with E-state index >= 15 is 0 Å². The second-order valence-corrected chi connectivity index (χ2v) is 22.1. The SMILES string of the molecule is C1=CCC=C1.C=C(C)C(=O)Cl.C=C(C)C(=O)OC1C2CC3C1OC(=O)C3(C#N)C2.CCOC(=O)C1(C#N)CC2C=CC1C2.CCOC(=O)C1(C#N)CC2CC1C1OC21.N#CC12CC3CC1C(OC2=O)C3O.[C-]#[N+]C(=C)C(=O)OCC. The number of epoxide rings is 1. The highest BCUT2D eigenvalue weighted by Crippen LogP contribution is 2.65. The Kier molecular flexibility index (Phi) is 19.6. The lowest BCUT2D eigenvalue weighted by Crippen LogP contribution is -2.39. The maximum Gasteiger partial charge on any atom is 0.335 e. The summed E-state index contributed by atoms with van der Waals surface area (Å²) < 4.78 is 35.6. The van der Waals surface area contributed by atoms with E-state index in [0.717, 1.165) is 32.1 Å². The zero-order valence-electron chi connectivity index (χ0n) is 45.4. The van der Waals surface area contributed by atoms with Crippen LogP contribution >= 0.6 is 11.6 Å². The molecule has 3 saturated heterocycles. The standard InChI is InChI=1S/C13H13NO4.C11H13NO3.C11H13NO2.C9H9NO3.C6H7NO2.C5H6.C4H5ClO/c1-6(2)11(15)17-9-7-3-8-10(9)18-12(16)13(8,4-7)5-14;1-2-14-10(13)11(5-12)4-6-3-7(11)9-8(6)15-9;1-2-14-10(13)11(7-12)6-8-3-4-9(11)5-8;10-3-9-2-4-1-5(9)7(6(4)11)13-8(9)12;1-4-9-6(8)5(2)7-3;1-2-4-5-3-1;1-3(2)4(5)6/h7-10H,1,3-4H2,2H3;6-9H,2-4H2,1H3;3-4,8-9H,2,5-6H2,1H3;4-7,11H,1-2H2;2,4H2,1H3;1-4H,5H2;1H2,2H3. The fraction of sp³-hybridized carbons (Fsp3) is 0.593. The topological polar surface area (TPSA) is 307 Å². The average Bonchev–Trinajstić information content (AvgIpc) is 4.50. The fourth-order valence-electron chi connectivity index (χ4n) is 13.2. The van der Waals surface area contributed by atoms with Crippen molar-refractivity contribution in [3.8, 4) is 24.3 Å². The number of aliphatic hydroxyl groups excluding tert-OH is 1. The lowest BCUT2D eigenvalue weighted by molar-refractivity contribution is -0.158. The highest BCUT2D eigenvalue weighted by atomic mass is 35.5. The van der Waals surface area contributed by atoms with E-state index in [0.29, 0.717) is 68.0 Å². The second kappa shape index (κ2) is 25.4. The number of hydrogen-bond donors (Lipinski definition) is 1. The highest BCUT2D eigenvalue weighted by molar-refractivity contribution is 6.67. The zero-order chi connectivity index (χ0) is 59.1. The third kappa shape index (κ3) is 11.6. The Hall–Kier alpha value is -7.41. The molecule has 10 fully saturated rings. The Bertz CT molecular complexity index is 2840. The number of nitriles is 4. The largest absolute Gasteiger partial charge is 0.471 e. The molecule has 424 valence electrons. The van der Waals surface area contributed by atoms with Gasteiger partial charge in [-0.05, 0) is 122 Å². The van der Waals surface area contributed by atoms with Crippen molar-refractivity contribution in [1.29, 1.82) is 21.0 Å². The molecule has 3 aliphatic heterocycles. The van der Waals surface area contributed by atoms with Gasteiger partial charge in [-0.1, -0.05) is 56.2 Å². The molecule has 80 heavy (non-hydrogen) atoms. The Labute approximate surface area is 470 Å². The van der Waals surface area contributed by atoms with E-state index in [1.165, 1.54) is 0 Å². The highest BCUT2D eigenvalue weighted by Gasteiger charge is 2.74. The van der Waals surface area contributed by atoms with E-state index in [1.54, 1.807) is 34.6 Å². The van der Waals surface area contributed by atoms with Gasteiger partial charge in [0.15, 0.2) is 21.7 Å². The summed E-state index contributed by atoms with van der Waals surface area (Å²) in [5.74, 6) is -1.68. The van der Waals surface area contributed by atoms with Crippen LogP contribution in [0.4, 0.5) is 0 Å². The van der Waals surface area contributed by atoms with Gasteiger partial charge in [0, 0.05) is 40.7 Å². The maximum atomic E-state index is 11.9. The molecule has 0 radical (unpaired) electrons. The van der Waals surface area contributed by atoms with Gasteiger partial charge in [0.1, 0.15) is 18.3 Å². The van der Waals surface area contributed by atoms with Gasteiger partial charge < -0.3 is 38.3 Å². The molecule has 0 aromatic rings. The van der Waals surface area contributed by atoms with Gasteiger partial charge >= 0.3 is 35.8 Å². The van der Waals surface area contributed by atoms with Gasteiger partial charge in [-0.3, -0.25) is 28.8 Å². The molecular formula is C59H66ClN5O15. The number of carbonyl (C=O) groups excluding carboxylic acids is 7. The average molecular weight is 1120 g/mol. The number of esters is 6. The minimum Gasteiger partial charge on any atom is -0.471 e. The van der Waals surface area contributed by atoms with Crippen molar-refractivity contribution in [2.24, 2.45) is 69.0 Å². The summed E-state index contributed by atoms with van der Waals surface area (Å²) in [5, 5.41) is 45.8. The molecule has 12 aliphatic rings. The van der Waals surface area contributed by atoms with Crippen LogP contribution in [0.1, 0.15) is 92.4 Å². The number of carbonyl (C=O) groups is 7. The van der Waals surface area contributed by atoms with Crippen molar-refractivity contribution in [1.82, 2.24) is 0 Å². The summed E-state index contributed by atoms with van der Waals surface area (Å²) in [4.78, 5) is 81.4. The third-order valence-corrected chi connectivity index (χ3v) is 17.4. The van der Waals surface area contributed by atoms with Gasteiger partial charge in [-0.2, -0.15) is 21.0 Å². The molecule has 7 saturated carbocycles. The van der Waals surface area contributed by atoms with E-state index in [2.05, 4.69) is 84.0 Å². The summed E-state index contributed by atoms with van der Waals surface area (Å²) in [6.07, 6.45) is 17.9. The van der Waals surface area contributed by atoms with Crippen LogP contribution in [0, 0.1) is 121 Å². The molecular weight excluding hydrogens is 1050 g/mol. The summed E-state index contributed by atoms with van der Waals surface area (Å²) in [7, 11) is 0. The molecule has 0 aromatic heterocycles. The normalized spacial score (nSPS) is 37.5. The van der Waals surface area contributed by atoms with Crippen molar-refractivity contribution in [3.63, 3.8) is 0 Å². The number of hydrogen-bond acceptors (Lipinski definition) is 19. The summed E-state index contributed by atoms with van der Waals surface area (Å²) in [6, 6.07) is 8.56.